The fourth-order valence-corrected chi connectivity index (χ4v) is 4.34. The number of carbonyl (C=O) groups is 2. The number of pyridine rings is 1. The number of carbonyl (C=O) groups excluding carboxylic acids is 2. The molecule has 0 spiro atoms. The molecule has 0 bridgehead atoms. The van der Waals surface area contributed by atoms with Crippen molar-refractivity contribution in [3.8, 4) is 0 Å². The third kappa shape index (κ3) is 5.29. The summed E-state index contributed by atoms with van der Waals surface area (Å²) in [6.07, 6.45) is 5.18. The van der Waals surface area contributed by atoms with E-state index in [0.29, 0.717) is 22.7 Å². The number of para-hydroxylation sites is 1. The number of aromatic nitrogens is 1. The molecule has 0 unspecified atom stereocenters. The van der Waals surface area contributed by atoms with Crippen molar-refractivity contribution in [2.45, 2.75) is 19.8 Å². The molecule has 1 N–H and O–H groups in total. The fraction of sp³-hybridized carbons (Fsp3) is 0.458. The standard InChI is InChI=1S/C24H30N4O3/c1-18-3-2-4-21(22(18)26-23(29)20-5-9-25-10-6-20)24(30)28-11-7-19(8-12-28)17-27-13-15-31-16-14-27/h2-6,9-10,19H,7-8,11-17H2,1H3,(H,26,29). The number of amides is 2. The summed E-state index contributed by atoms with van der Waals surface area (Å²) in [4.78, 5) is 34.3. The second-order valence-electron chi connectivity index (χ2n) is 8.34. The van der Waals surface area contributed by atoms with Gasteiger partial charge >= 0.3 is 0 Å². The number of piperidine rings is 1. The predicted molar refractivity (Wildman–Crippen MR) is 119 cm³/mol. The summed E-state index contributed by atoms with van der Waals surface area (Å²) in [7, 11) is 0. The zero-order chi connectivity index (χ0) is 21.6. The molecule has 2 aliphatic heterocycles. The number of nitrogens with one attached hydrogen (secondary N) is 1. The lowest BCUT2D eigenvalue weighted by Crippen LogP contribution is -2.44. The Balaban J connectivity index is 1.41. The van der Waals surface area contributed by atoms with E-state index in [1.54, 1.807) is 30.6 Å². The molecule has 4 rings (SSSR count). The summed E-state index contributed by atoms with van der Waals surface area (Å²) in [5.74, 6) is 0.360. The second kappa shape index (κ2) is 10.0. The Morgan fingerprint density at radius 1 is 1.06 bits per heavy atom. The lowest BCUT2D eigenvalue weighted by Gasteiger charge is -2.36. The van der Waals surface area contributed by atoms with Gasteiger partial charge < -0.3 is 15.0 Å². The number of likely N-dealkylation sites (tertiary alicyclic amines) is 1. The van der Waals surface area contributed by atoms with Crippen LogP contribution in [-0.2, 0) is 4.74 Å². The van der Waals surface area contributed by atoms with Crippen molar-refractivity contribution >= 4 is 17.5 Å². The van der Waals surface area contributed by atoms with Crippen molar-refractivity contribution in [1.82, 2.24) is 14.8 Å². The van der Waals surface area contributed by atoms with Crippen LogP contribution in [0.4, 0.5) is 5.69 Å². The summed E-state index contributed by atoms with van der Waals surface area (Å²) in [5, 5.41) is 2.95. The molecule has 2 amide bonds. The molecule has 1 aromatic carbocycles. The third-order valence-corrected chi connectivity index (χ3v) is 6.21. The minimum absolute atomic E-state index is 0.0152. The number of hydrogen-bond acceptors (Lipinski definition) is 5. The highest BCUT2D eigenvalue weighted by Gasteiger charge is 2.27. The Kier molecular flexibility index (Phi) is 6.94. The number of anilines is 1. The van der Waals surface area contributed by atoms with E-state index in [1.165, 1.54) is 0 Å². The molecule has 7 nitrogen and oxygen atoms in total. The Morgan fingerprint density at radius 3 is 2.48 bits per heavy atom. The van der Waals surface area contributed by atoms with Crippen molar-refractivity contribution in [2.24, 2.45) is 5.92 Å². The first-order chi connectivity index (χ1) is 15.1. The summed E-state index contributed by atoms with van der Waals surface area (Å²) >= 11 is 0. The number of hydrogen-bond donors (Lipinski definition) is 1. The van der Waals surface area contributed by atoms with Crippen LogP contribution in [-0.4, -0.2) is 72.5 Å². The van der Waals surface area contributed by atoms with Gasteiger partial charge in [-0.2, -0.15) is 0 Å². The number of nitrogens with zero attached hydrogens (tertiary/aromatic N) is 3. The van der Waals surface area contributed by atoms with Crippen molar-refractivity contribution < 1.29 is 14.3 Å². The largest absolute Gasteiger partial charge is 0.379 e. The molecule has 2 fully saturated rings. The molecule has 0 aliphatic carbocycles. The van der Waals surface area contributed by atoms with Crippen LogP contribution in [0.1, 0.15) is 39.1 Å². The van der Waals surface area contributed by atoms with Crippen LogP contribution in [0.25, 0.3) is 0 Å². The molecule has 0 radical (unpaired) electrons. The minimum Gasteiger partial charge on any atom is -0.379 e. The summed E-state index contributed by atoms with van der Waals surface area (Å²) in [5.41, 5.74) is 2.52. The Morgan fingerprint density at radius 2 is 1.77 bits per heavy atom. The molecule has 3 heterocycles. The molecule has 0 atom stereocenters. The van der Waals surface area contributed by atoms with Crippen molar-refractivity contribution in [3.05, 3.63) is 59.4 Å². The molecular formula is C24H30N4O3. The minimum atomic E-state index is -0.241. The van der Waals surface area contributed by atoms with Gasteiger partial charge in [0.05, 0.1) is 24.5 Å². The van der Waals surface area contributed by atoms with Gasteiger partial charge in [-0.15, -0.1) is 0 Å². The van der Waals surface area contributed by atoms with Gasteiger partial charge in [0, 0.05) is 50.7 Å². The maximum absolute atomic E-state index is 13.3. The fourth-order valence-electron chi connectivity index (χ4n) is 4.34. The topological polar surface area (TPSA) is 74.8 Å². The van der Waals surface area contributed by atoms with Crippen LogP contribution < -0.4 is 5.32 Å². The molecule has 164 valence electrons. The number of morpholine rings is 1. The highest BCUT2D eigenvalue weighted by Crippen LogP contribution is 2.26. The van der Waals surface area contributed by atoms with E-state index in [9.17, 15) is 9.59 Å². The number of rotatable bonds is 5. The van der Waals surface area contributed by atoms with E-state index >= 15 is 0 Å². The quantitative estimate of drug-likeness (QED) is 0.802. The van der Waals surface area contributed by atoms with Gasteiger partial charge in [0.25, 0.3) is 11.8 Å². The van der Waals surface area contributed by atoms with Crippen LogP contribution in [0.15, 0.2) is 42.7 Å². The molecule has 7 heteroatoms. The van der Waals surface area contributed by atoms with Crippen molar-refractivity contribution in [3.63, 3.8) is 0 Å². The highest BCUT2D eigenvalue weighted by atomic mass is 16.5. The highest BCUT2D eigenvalue weighted by molar-refractivity contribution is 6.09. The molecule has 2 aromatic rings. The number of ether oxygens (including phenoxy) is 1. The lowest BCUT2D eigenvalue weighted by molar-refractivity contribution is 0.0243. The summed E-state index contributed by atoms with van der Waals surface area (Å²) < 4.78 is 5.44. The lowest BCUT2D eigenvalue weighted by atomic mass is 9.95. The zero-order valence-electron chi connectivity index (χ0n) is 18.0. The van der Waals surface area contributed by atoms with Crippen molar-refractivity contribution in [2.75, 3.05) is 51.3 Å². The molecule has 2 aliphatic rings. The second-order valence-corrected chi connectivity index (χ2v) is 8.34. The molecular weight excluding hydrogens is 392 g/mol. The van der Waals surface area contributed by atoms with Crippen LogP contribution in [0.3, 0.4) is 0 Å². The van der Waals surface area contributed by atoms with Crippen molar-refractivity contribution in [1.29, 1.82) is 0 Å². The van der Waals surface area contributed by atoms with Gasteiger partial charge in [0.1, 0.15) is 0 Å². The van der Waals surface area contributed by atoms with E-state index in [-0.39, 0.29) is 11.8 Å². The van der Waals surface area contributed by atoms with Gasteiger partial charge in [-0.05, 0) is 49.4 Å². The van der Waals surface area contributed by atoms with Crippen LogP contribution >= 0.6 is 0 Å². The smallest absolute Gasteiger partial charge is 0.255 e. The van der Waals surface area contributed by atoms with E-state index < -0.39 is 0 Å². The van der Waals surface area contributed by atoms with E-state index in [0.717, 1.165) is 64.3 Å². The number of aryl methyl sites for hydroxylation is 1. The van der Waals surface area contributed by atoms with E-state index in [1.807, 2.05) is 24.0 Å². The first kappa shape index (κ1) is 21.5. The van der Waals surface area contributed by atoms with Gasteiger partial charge in [-0.25, -0.2) is 0 Å². The van der Waals surface area contributed by atoms with E-state index in [4.69, 9.17) is 4.74 Å². The molecule has 1 aromatic heterocycles. The third-order valence-electron chi connectivity index (χ3n) is 6.21. The molecule has 31 heavy (non-hydrogen) atoms. The first-order valence-corrected chi connectivity index (χ1v) is 11.0. The average Bonchev–Trinajstić information content (AvgIpc) is 2.81. The maximum Gasteiger partial charge on any atom is 0.255 e. The van der Waals surface area contributed by atoms with E-state index in [2.05, 4.69) is 15.2 Å². The maximum atomic E-state index is 13.3. The Labute approximate surface area is 183 Å². The Hall–Kier alpha value is -2.77. The first-order valence-electron chi connectivity index (χ1n) is 11.0. The van der Waals surface area contributed by atoms with Crippen LogP contribution in [0, 0.1) is 12.8 Å². The van der Waals surface area contributed by atoms with Crippen LogP contribution in [0.5, 0.6) is 0 Å². The van der Waals surface area contributed by atoms with Gasteiger partial charge in [-0.3, -0.25) is 19.5 Å². The van der Waals surface area contributed by atoms with Crippen LogP contribution in [0.2, 0.25) is 0 Å². The Bertz CT molecular complexity index is 904. The normalized spacial score (nSPS) is 18.0. The van der Waals surface area contributed by atoms with Gasteiger partial charge in [-0.1, -0.05) is 12.1 Å². The zero-order valence-corrected chi connectivity index (χ0v) is 18.0. The predicted octanol–water partition coefficient (Wildman–Crippen LogP) is 2.83. The summed E-state index contributed by atoms with van der Waals surface area (Å²) in [6, 6.07) is 8.91. The summed E-state index contributed by atoms with van der Waals surface area (Å²) in [6.45, 7) is 8.14. The SMILES string of the molecule is Cc1cccc(C(=O)N2CCC(CN3CCOCC3)CC2)c1NC(=O)c1ccncc1. The van der Waals surface area contributed by atoms with Gasteiger partial charge in [0.15, 0.2) is 0 Å². The molecule has 0 saturated carbocycles. The molecule has 2 saturated heterocycles. The number of benzene rings is 1. The monoisotopic (exact) mass is 422 g/mol. The van der Waals surface area contributed by atoms with Gasteiger partial charge in [0.2, 0.25) is 0 Å². The average molecular weight is 423 g/mol.